The Balaban J connectivity index is 2.25. The van der Waals surface area contributed by atoms with E-state index in [1.165, 1.54) is 4.90 Å². The number of nitrogens with zero attached hydrogens (tertiary/aromatic N) is 1. The molecule has 5 nitrogen and oxygen atoms in total. The summed E-state index contributed by atoms with van der Waals surface area (Å²) >= 11 is 0. The molecule has 0 bridgehead atoms. The number of rotatable bonds is 6. The Kier molecular flexibility index (Phi) is 4.52. The average Bonchev–Trinajstić information content (AvgIpc) is 2.71. The first-order chi connectivity index (χ1) is 9.61. The minimum atomic E-state index is -0.604. The van der Waals surface area contributed by atoms with E-state index in [0.717, 1.165) is 0 Å². The number of imide groups is 1. The van der Waals surface area contributed by atoms with Crippen molar-refractivity contribution in [3.05, 3.63) is 35.4 Å². The summed E-state index contributed by atoms with van der Waals surface area (Å²) in [6, 6.07) is 6.36. The van der Waals surface area contributed by atoms with Gasteiger partial charge in [0.2, 0.25) is 0 Å². The molecular weight excluding hydrogens is 258 g/mol. The highest BCUT2D eigenvalue weighted by atomic mass is 16.7. The lowest BCUT2D eigenvalue weighted by atomic mass is 10.1. The molecule has 20 heavy (non-hydrogen) atoms. The summed E-state index contributed by atoms with van der Waals surface area (Å²) in [5.41, 5.74) is 0.882. The van der Waals surface area contributed by atoms with Crippen molar-refractivity contribution in [1.29, 1.82) is 0 Å². The Morgan fingerprint density at radius 3 is 1.85 bits per heavy atom. The van der Waals surface area contributed by atoms with Gasteiger partial charge in [0, 0.05) is 13.2 Å². The van der Waals surface area contributed by atoms with Crippen molar-refractivity contribution in [2.45, 2.75) is 33.1 Å². The van der Waals surface area contributed by atoms with Crippen LogP contribution in [-0.2, 0) is 9.47 Å². The zero-order chi connectivity index (χ0) is 14.7. The summed E-state index contributed by atoms with van der Waals surface area (Å²) in [6.45, 7) is 6.37. The van der Waals surface area contributed by atoms with Crippen molar-refractivity contribution >= 4 is 11.8 Å². The third-order valence-electron chi connectivity index (χ3n) is 3.29. The molecule has 1 heterocycles. The SMILES string of the molecule is CCOC(OCC)C(C)N1C(=O)c2ccccc2C1=O. The molecule has 2 rings (SSSR count). The van der Waals surface area contributed by atoms with E-state index >= 15 is 0 Å². The number of benzene rings is 1. The number of fused-ring (bicyclic) bond motifs is 1. The van der Waals surface area contributed by atoms with Crippen LogP contribution in [0, 0.1) is 0 Å². The monoisotopic (exact) mass is 277 g/mol. The first-order valence-electron chi connectivity index (χ1n) is 6.81. The number of carbonyl (C=O) groups is 2. The average molecular weight is 277 g/mol. The molecule has 0 saturated carbocycles. The van der Waals surface area contributed by atoms with E-state index < -0.39 is 12.3 Å². The van der Waals surface area contributed by atoms with E-state index in [0.29, 0.717) is 24.3 Å². The van der Waals surface area contributed by atoms with Gasteiger partial charge in [0.05, 0.1) is 17.2 Å². The number of carbonyl (C=O) groups excluding carboxylic acids is 2. The van der Waals surface area contributed by atoms with Gasteiger partial charge in [-0.3, -0.25) is 14.5 Å². The molecule has 108 valence electrons. The molecule has 1 unspecified atom stereocenters. The smallest absolute Gasteiger partial charge is 0.261 e. The molecule has 5 heteroatoms. The van der Waals surface area contributed by atoms with Crippen LogP contribution in [0.25, 0.3) is 0 Å². The highest BCUT2D eigenvalue weighted by Gasteiger charge is 2.41. The van der Waals surface area contributed by atoms with Crippen molar-refractivity contribution in [2.24, 2.45) is 0 Å². The van der Waals surface area contributed by atoms with Crippen molar-refractivity contribution in [1.82, 2.24) is 4.90 Å². The Labute approximate surface area is 118 Å². The van der Waals surface area contributed by atoms with Crippen LogP contribution in [0.2, 0.25) is 0 Å². The Hall–Kier alpha value is -1.72. The fraction of sp³-hybridized carbons (Fsp3) is 0.467. The zero-order valence-electron chi connectivity index (χ0n) is 12.0. The molecule has 1 aromatic rings. The summed E-state index contributed by atoms with van der Waals surface area (Å²) in [5.74, 6) is -0.579. The van der Waals surface area contributed by atoms with E-state index in [4.69, 9.17) is 9.47 Å². The van der Waals surface area contributed by atoms with E-state index in [-0.39, 0.29) is 11.8 Å². The summed E-state index contributed by atoms with van der Waals surface area (Å²) in [5, 5.41) is 0. The molecule has 0 radical (unpaired) electrons. The molecular formula is C15H19NO4. The third-order valence-corrected chi connectivity index (χ3v) is 3.29. The molecule has 1 atom stereocenters. The number of amides is 2. The molecule has 1 aliphatic rings. The number of hydrogen-bond donors (Lipinski definition) is 0. The zero-order valence-corrected chi connectivity index (χ0v) is 12.0. The Morgan fingerprint density at radius 2 is 1.45 bits per heavy atom. The van der Waals surface area contributed by atoms with Crippen LogP contribution < -0.4 is 0 Å². The van der Waals surface area contributed by atoms with Crippen molar-refractivity contribution in [3.63, 3.8) is 0 Å². The molecule has 1 aromatic carbocycles. The highest BCUT2D eigenvalue weighted by molar-refractivity contribution is 6.21. The van der Waals surface area contributed by atoms with Crippen molar-refractivity contribution < 1.29 is 19.1 Å². The van der Waals surface area contributed by atoms with Gasteiger partial charge in [0.25, 0.3) is 11.8 Å². The van der Waals surface area contributed by atoms with Gasteiger partial charge in [-0.1, -0.05) is 12.1 Å². The predicted octanol–water partition coefficient (Wildman–Crippen LogP) is 2.07. The normalized spacial score (nSPS) is 15.9. The van der Waals surface area contributed by atoms with Crippen LogP contribution in [0.3, 0.4) is 0 Å². The van der Waals surface area contributed by atoms with Gasteiger partial charge in [-0.2, -0.15) is 0 Å². The van der Waals surface area contributed by atoms with E-state index in [9.17, 15) is 9.59 Å². The number of ether oxygens (including phenoxy) is 2. The maximum absolute atomic E-state index is 12.4. The quantitative estimate of drug-likeness (QED) is 0.590. The van der Waals surface area contributed by atoms with Gasteiger partial charge in [0.15, 0.2) is 6.29 Å². The molecule has 0 fully saturated rings. The minimum Gasteiger partial charge on any atom is -0.351 e. The first-order valence-corrected chi connectivity index (χ1v) is 6.81. The summed E-state index contributed by atoms with van der Waals surface area (Å²) < 4.78 is 11.0. The highest BCUT2D eigenvalue weighted by Crippen LogP contribution is 2.26. The lowest BCUT2D eigenvalue weighted by Gasteiger charge is -2.29. The van der Waals surface area contributed by atoms with Gasteiger partial charge in [-0.05, 0) is 32.9 Å². The maximum Gasteiger partial charge on any atom is 0.261 e. The molecule has 0 aliphatic carbocycles. The molecule has 0 N–H and O–H groups in total. The molecule has 2 amide bonds. The lowest BCUT2D eigenvalue weighted by Crippen LogP contribution is -2.47. The van der Waals surface area contributed by atoms with Crippen molar-refractivity contribution in [3.8, 4) is 0 Å². The second-order valence-corrected chi connectivity index (χ2v) is 4.55. The van der Waals surface area contributed by atoms with Gasteiger partial charge in [0.1, 0.15) is 0 Å². The van der Waals surface area contributed by atoms with Gasteiger partial charge in [-0.25, -0.2) is 0 Å². The maximum atomic E-state index is 12.4. The molecule has 0 aromatic heterocycles. The van der Waals surface area contributed by atoms with Gasteiger partial charge >= 0.3 is 0 Å². The van der Waals surface area contributed by atoms with Crippen LogP contribution in [0.4, 0.5) is 0 Å². The standard InChI is InChI=1S/C15H19NO4/c1-4-19-15(20-5-2)10(3)16-13(17)11-8-6-7-9-12(11)14(16)18/h6-10,15H,4-5H2,1-3H3. The van der Waals surface area contributed by atoms with Crippen LogP contribution in [0.15, 0.2) is 24.3 Å². The Bertz CT molecular complexity index is 473. The summed E-state index contributed by atoms with van der Waals surface area (Å²) in [6.07, 6.45) is -0.604. The van der Waals surface area contributed by atoms with Crippen LogP contribution in [-0.4, -0.2) is 42.3 Å². The topological polar surface area (TPSA) is 55.8 Å². The Morgan fingerprint density at radius 1 is 1.00 bits per heavy atom. The van der Waals surface area contributed by atoms with Crippen molar-refractivity contribution in [2.75, 3.05) is 13.2 Å². The van der Waals surface area contributed by atoms with Gasteiger partial charge in [-0.15, -0.1) is 0 Å². The fourth-order valence-electron chi connectivity index (χ4n) is 2.35. The largest absolute Gasteiger partial charge is 0.351 e. The molecule has 0 spiro atoms. The first kappa shape index (κ1) is 14.7. The second-order valence-electron chi connectivity index (χ2n) is 4.55. The molecule has 0 saturated heterocycles. The summed E-state index contributed by atoms with van der Waals surface area (Å²) in [7, 11) is 0. The van der Waals surface area contributed by atoms with E-state index in [1.807, 2.05) is 13.8 Å². The van der Waals surface area contributed by atoms with Crippen LogP contribution >= 0.6 is 0 Å². The van der Waals surface area contributed by atoms with E-state index in [2.05, 4.69) is 0 Å². The molecule has 1 aliphatic heterocycles. The van der Waals surface area contributed by atoms with E-state index in [1.54, 1.807) is 31.2 Å². The predicted molar refractivity (Wildman–Crippen MR) is 73.4 cm³/mol. The summed E-state index contributed by atoms with van der Waals surface area (Å²) in [4.78, 5) is 25.9. The number of hydrogen-bond acceptors (Lipinski definition) is 4. The van der Waals surface area contributed by atoms with Crippen LogP contribution in [0.1, 0.15) is 41.5 Å². The fourth-order valence-corrected chi connectivity index (χ4v) is 2.35. The van der Waals surface area contributed by atoms with Crippen LogP contribution in [0.5, 0.6) is 0 Å². The lowest BCUT2D eigenvalue weighted by molar-refractivity contribution is -0.161. The third kappa shape index (κ3) is 2.46. The minimum absolute atomic E-state index is 0.289. The van der Waals surface area contributed by atoms with Gasteiger partial charge < -0.3 is 9.47 Å². The second kappa shape index (κ2) is 6.15.